The number of nitrogens with one attached hydrogen (secondary N) is 1. The second-order valence-corrected chi connectivity index (χ2v) is 5.34. The minimum Gasteiger partial charge on any atom is -0.396 e. The molecule has 3 heteroatoms. The van der Waals surface area contributed by atoms with Gasteiger partial charge in [0, 0.05) is 12.6 Å². The minimum absolute atomic E-state index is 0.0130. The highest BCUT2D eigenvalue weighted by Gasteiger charge is 2.23. The van der Waals surface area contributed by atoms with Crippen LogP contribution in [0.25, 0.3) is 0 Å². The molecule has 3 nitrogen and oxygen atoms in total. The Kier molecular flexibility index (Phi) is 7.06. The zero-order chi connectivity index (χ0) is 14.3. The van der Waals surface area contributed by atoms with Crippen molar-refractivity contribution in [3.05, 3.63) is 35.4 Å². The first kappa shape index (κ1) is 16.2. The van der Waals surface area contributed by atoms with Crippen molar-refractivity contribution in [3.63, 3.8) is 0 Å². The number of aliphatic hydroxyl groups is 2. The first-order chi connectivity index (χ1) is 9.10. The van der Waals surface area contributed by atoms with Crippen LogP contribution in [0.15, 0.2) is 24.3 Å². The fourth-order valence-corrected chi connectivity index (χ4v) is 2.22. The number of hydrogen-bond donors (Lipinski definition) is 3. The highest BCUT2D eigenvalue weighted by molar-refractivity contribution is 5.25. The van der Waals surface area contributed by atoms with Gasteiger partial charge < -0.3 is 15.5 Å². The van der Waals surface area contributed by atoms with Crippen LogP contribution in [0.1, 0.15) is 44.4 Å². The van der Waals surface area contributed by atoms with Crippen molar-refractivity contribution in [2.45, 2.75) is 45.8 Å². The van der Waals surface area contributed by atoms with Gasteiger partial charge in [-0.25, -0.2) is 0 Å². The summed E-state index contributed by atoms with van der Waals surface area (Å²) < 4.78 is 0. The lowest BCUT2D eigenvalue weighted by atomic mass is 9.92. The van der Waals surface area contributed by atoms with Crippen LogP contribution >= 0.6 is 0 Å². The molecule has 0 bridgehead atoms. The third-order valence-electron chi connectivity index (χ3n) is 3.50. The highest BCUT2D eigenvalue weighted by Crippen LogP contribution is 2.22. The Hall–Kier alpha value is -0.900. The highest BCUT2D eigenvalue weighted by atomic mass is 16.3. The van der Waals surface area contributed by atoms with E-state index in [-0.39, 0.29) is 12.6 Å². The van der Waals surface area contributed by atoms with Gasteiger partial charge in [0.2, 0.25) is 0 Å². The van der Waals surface area contributed by atoms with E-state index in [2.05, 4.69) is 38.2 Å². The van der Waals surface area contributed by atoms with Crippen molar-refractivity contribution in [2.24, 2.45) is 5.92 Å². The summed E-state index contributed by atoms with van der Waals surface area (Å²) >= 11 is 0. The van der Waals surface area contributed by atoms with Gasteiger partial charge in [-0.05, 0) is 36.4 Å². The van der Waals surface area contributed by atoms with E-state index in [0.29, 0.717) is 12.3 Å². The summed E-state index contributed by atoms with van der Waals surface area (Å²) in [7, 11) is 0. The fourth-order valence-electron chi connectivity index (χ4n) is 2.22. The van der Waals surface area contributed by atoms with Gasteiger partial charge in [0.25, 0.3) is 0 Å². The lowest BCUT2D eigenvalue weighted by molar-refractivity contribution is 0.104. The largest absolute Gasteiger partial charge is 0.396 e. The molecular formula is C16H27NO2. The number of benzene rings is 1. The third kappa shape index (κ3) is 4.94. The molecule has 0 saturated carbocycles. The Labute approximate surface area is 116 Å². The van der Waals surface area contributed by atoms with Gasteiger partial charge in [-0.1, -0.05) is 45.0 Å². The molecule has 0 fully saturated rings. The van der Waals surface area contributed by atoms with Crippen molar-refractivity contribution in [1.82, 2.24) is 5.32 Å². The predicted octanol–water partition coefficient (Wildman–Crippen LogP) is 2.28. The molecule has 2 unspecified atom stereocenters. The molecule has 0 aliphatic rings. The molecule has 19 heavy (non-hydrogen) atoms. The quantitative estimate of drug-likeness (QED) is 0.632. The van der Waals surface area contributed by atoms with Crippen molar-refractivity contribution in [1.29, 1.82) is 0 Å². The molecule has 108 valence electrons. The zero-order valence-corrected chi connectivity index (χ0v) is 12.3. The number of aliphatic hydroxyl groups excluding tert-OH is 2. The summed E-state index contributed by atoms with van der Waals surface area (Å²) in [6.07, 6.45) is 1.22. The van der Waals surface area contributed by atoms with Crippen molar-refractivity contribution in [2.75, 3.05) is 13.2 Å². The van der Waals surface area contributed by atoms with Crippen LogP contribution in [-0.2, 0) is 6.42 Å². The Morgan fingerprint density at radius 1 is 1.16 bits per heavy atom. The van der Waals surface area contributed by atoms with Gasteiger partial charge >= 0.3 is 0 Å². The number of hydrogen-bond acceptors (Lipinski definition) is 3. The van der Waals surface area contributed by atoms with Gasteiger partial charge in [-0.15, -0.1) is 0 Å². The zero-order valence-electron chi connectivity index (χ0n) is 12.3. The number of rotatable bonds is 8. The van der Waals surface area contributed by atoms with Gasteiger partial charge in [-0.2, -0.15) is 0 Å². The summed E-state index contributed by atoms with van der Waals surface area (Å²) in [6.45, 7) is 7.22. The van der Waals surface area contributed by atoms with Crippen molar-refractivity contribution < 1.29 is 10.2 Å². The number of aryl methyl sites for hydroxylation is 1. The van der Waals surface area contributed by atoms with Crippen molar-refractivity contribution in [3.8, 4) is 0 Å². The third-order valence-corrected chi connectivity index (χ3v) is 3.50. The van der Waals surface area contributed by atoms with E-state index in [4.69, 9.17) is 5.11 Å². The first-order valence-corrected chi connectivity index (χ1v) is 7.21. The molecule has 0 aliphatic carbocycles. The van der Waals surface area contributed by atoms with Crippen LogP contribution in [0.3, 0.4) is 0 Å². The molecule has 1 aromatic rings. The average molecular weight is 265 g/mol. The molecule has 0 heterocycles. The molecule has 0 radical (unpaired) electrons. The van der Waals surface area contributed by atoms with E-state index in [9.17, 15) is 5.11 Å². The molecule has 0 amide bonds. The van der Waals surface area contributed by atoms with Gasteiger partial charge in [0.05, 0.1) is 6.10 Å². The summed E-state index contributed by atoms with van der Waals surface area (Å²) in [6, 6.07) is 8.17. The van der Waals surface area contributed by atoms with Gasteiger partial charge in [0.15, 0.2) is 0 Å². The Balaban J connectivity index is 2.71. The molecule has 0 spiro atoms. The maximum atomic E-state index is 10.5. The van der Waals surface area contributed by atoms with Gasteiger partial charge in [0.1, 0.15) is 0 Å². The van der Waals surface area contributed by atoms with Crippen LogP contribution < -0.4 is 5.32 Å². The summed E-state index contributed by atoms with van der Waals surface area (Å²) in [5.41, 5.74) is 2.23. The lowest BCUT2D eigenvalue weighted by Crippen LogP contribution is -2.40. The molecular weight excluding hydrogens is 238 g/mol. The average Bonchev–Trinajstić information content (AvgIpc) is 2.42. The van der Waals surface area contributed by atoms with Gasteiger partial charge in [-0.3, -0.25) is 0 Å². The van der Waals surface area contributed by atoms with Crippen LogP contribution in [0.4, 0.5) is 0 Å². The van der Waals surface area contributed by atoms with Crippen LogP contribution in [-0.4, -0.2) is 29.4 Å². The Morgan fingerprint density at radius 3 is 2.26 bits per heavy atom. The van der Waals surface area contributed by atoms with E-state index >= 15 is 0 Å². The predicted molar refractivity (Wildman–Crippen MR) is 79.1 cm³/mol. The summed E-state index contributed by atoms with van der Waals surface area (Å²) in [4.78, 5) is 0. The lowest BCUT2D eigenvalue weighted by Gasteiger charge is -2.28. The maximum absolute atomic E-state index is 10.5. The normalized spacial score (nSPS) is 14.6. The van der Waals surface area contributed by atoms with Crippen LogP contribution in [0.2, 0.25) is 0 Å². The van der Waals surface area contributed by atoms with E-state index in [1.165, 1.54) is 5.56 Å². The Bertz CT molecular complexity index is 348. The standard InChI is InChI=1S/C16H27NO2/c1-4-13-6-8-14(9-7-13)16(19)15(12(2)3)17-10-5-11-18/h6-9,12,15-19H,4-5,10-11H2,1-3H3. The maximum Gasteiger partial charge on any atom is 0.0945 e. The van der Waals surface area contributed by atoms with Crippen molar-refractivity contribution >= 4 is 0 Å². The van der Waals surface area contributed by atoms with E-state index < -0.39 is 6.10 Å². The second kappa shape index (κ2) is 8.31. The molecule has 0 saturated heterocycles. The molecule has 2 atom stereocenters. The monoisotopic (exact) mass is 265 g/mol. The molecule has 1 rings (SSSR count). The van der Waals surface area contributed by atoms with Crippen LogP contribution in [0.5, 0.6) is 0 Å². The molecule has 0 aromatic heterocycles. The fraction of sp³-hybridized carbons (Fsp3) is 0.625. The molecule has 1 aromatic carbocycles. The summed E-state index contributed by atoms with van der Waals surface area (Å²) in [5.74, 6) is 0.333. The Morgan fingerprint density at radius 2 is 1.79 bits per heavy atom. The van der Waals surface area contributed by atoms with E-state index in [1.807, 2.05) is 12.1 Å². The smallest absolute Gasteiger partial charge is 0.0945 e. The SMILES string of the molecule is CCc1ccc(C(O)C(NCCCO)C(C)C)cc1. The summed E-state index contributed by atoms with van der Waals surface area (Å²) in [5, 5.41) is 22.7. The molecule has 0 aliphatic heterocycles. The minimum atomic E-state index is -0.510. The second-order valence-electron chi connectivity index (χ2n) is 5.34. The van der Waals surface area contributed by atoms with E-state index in [1.54, 1.807) is 0 Å². The van der Waals surface area contributed by atoms with E-state index in [0.717, 1.165) is 18.5 Å². The topological polar surface area (TPSA) is 52.5 Å². The van der Waals surface area contributed by atoms with Crippen LogP contribution in [0, 0.1) is 5.92 Å². The molecule has 3 N–H and O–H groups in total. The first-order valence-electron chi connectivity index (χ1n) is 7.21.